The highest BCUT2D eigenvalue weighted by Crippen LogP contribution is 2.34. The summed E-state index contributed by atoms with van der Waals surface area (Å²) in [5.74, 6) is 0.358. The SMILES string of the molecule is COc1cc(/C=N\NC(=O)Cc2csc(C)n2)ccc1OC(=O)C1CC1. The molecule has 0 atom stereocenters. The summed E-state index contributed by atoms with van der Waals surface area (Å²) >= 11 is 1.50. The van der Waals surface area contributed by atoms with Crippen LogP contribution in [0.5, 0.6) is 11.5 Å². The maximum atomic E-state index is 11.8. The van der Waals surface area contributed by atoms with Crippen LogP contribution in [0, 0.1) is 12.8 Å². The van der Waals surface area contributed by atoms with E-state index in [0.29, 0.717) is 17.1 Å². The summed E-state index contributed by atoms with van der Waals surface area (Å²) in [6.45, 7) is 1.89. The molecule has 1 aromatic heterocycles. The van der Waals surface area contributed by atoms with E-state index >= 15 is 0 Å². The van der Waals surface area contributed by atoms with E-state index in [-0.39, 0.29) is 24.2 Å². The van der Waals surface area contributed by atoms with Gasteiger partial charge in [-0.15, -0.1) is 11.3 Å². The monoisotopic (exact) mass is 373 g/mol. The molecule has 1 N–H and O–H groups in total. The van der Waals surface area contributed by atoms with Crippen molar-refractivity contribution in [2.45, 2.75) is 26.2 Å². The third-order valence-corrected chi connectivity index (χ3v) is 4.54. The molecule has 3 rings (SSSR count). The average molecular weight is 373 g/mol. The molecule has 1 fully saturated rings. The number of nitrogens with zero attached hydrogens (tertiary/aromatic N) is 2. The Morgan fingerprint density at radius 3 is 2.85 bits per heavy atom. The lowest BCUT2D eigenvalue weighted by molar-refractivity contribution is -0.135. The Hall–Kier alpha value is -2.74. The van der Waals surface area contributed by atoms with Crippen molar-refractivity contribution in [3.05, 3.63) is 39.8 Å². The molecule has 136 valence electrons. The normalized spacial score (nSPS) is 13.6. The maximum Gasteiger partial charge on any atom is 0.314 e. The number of aryl methyl sites for hydroxylation is 1. The van der Waals surface area contributed by atoms with Gasteiger partial charge in [0.2, 0.25) is 5.91 Å². The molecule has 0 aliphatic heterocycles. The predicted molar refractivity (Wildman–Crippen MR) is 97.6 cm³/mol. The fourth-order valence-corrected chi connectivity index (χ4v) is 2.84. The summed E-state index contributed by atoms with van der Waals surface area (Å²) in [7, 11) is 1.50. The quantitative estimate of drug-likeness (QED) is 0.348. The summed E-state index contributed by atoms with van der Waals surface area (Å²) < 4.78 is 10.6. The van der Waals surface area contributed by atoms with Gasteiger partial charge in [0, 0.05) is 5.38 Å². The van der Waals surface area contributed by atoms with Gasteiger partial charge in [-0.05, 0) is 43.5 Å². The van der Waals surface area contributed by atoms with E-state index in [2.05, 4.69) is 15.5 Å². The average Bonchev–Trinajstić information content (AvgIpc) is 3.39. The van der Waals surface area contributed by atoms with Crippen molar-refractivity contribution < 1.29 is 19.1 Å². The van der Waals surface area contributed by atoms with Crippen LogP contribution < -0.4 is 14.9 Å². The topological polar surface area (TPSA) is 89.9 Å². The van der Waals surface area contributed by atoms with Crippen LogP contribution >= 0.6 is 11.3 Å². The molecule has 26 heavy (non-hydrogen) atoms. The van der Waals surface area contributed by atoms with E-state index in [4.69, 9.17) is 9.47 Å². The molecule has 1 heterocycles. The van der Waals surface area contributed by atoms with Crippen LogP contribution in [0.15, 0.2) is 28.7 Å². The maximum absolute atomic E-state index is 11.8. The van der Waals surface area contributed by atoms with Crippen molar-refractivity contribution in [1.82, 2.24) is 10.4 Å². The van der Waals surface area contributed by atoms with E-state index in [1.54, 1.807) is 18.2 Å². The van der Waals surface area contributed by atoms with Gasteiger partial charge in [0.1, 0.15) is 0 Å². The van der Waals surface area contributed by atoms with Gasteiger partial charge in [-0.25, -0.2) is 10.4 Å². The number of aromatic nitrogens is 1. The Morgan fingerprint density at radius 1 is 1.38 bits per heavy atom. The molecule has 1 aliphatic rings. The van der Waals surface area contributed by atoms with E-state index in [9.17, 15) is 9.59 Å². The largest absolute Gasteiger partial charge is 0.493 e. The fraction of sp³-hybridized carbons (Fsp3) is 0.333. The number of thiazole rings is 1. The molecule has 0 spiro atoms. The van der Waals surface area contributed by atoms with Gasteiger partial charge >= 0.3 is 5.97 Å². The highest BCUT2D eigenvalue weighted by atomic mass is 32.1. The lowest BCUT2D eigenvalue weighted by Crippen LogP contribution is -2.19. The van der Waals surface area contributed by atoms with Crippen LogP contribution in [-0.4, -0.2) is 30.2 Å². The van der Waals surface area contributed by atoms with Gasteiger partial charge in [-0.3, -0.25) is 9.59 Å². The molecular weight excluding hydrogens is 354 g/mol. The van der Waals surface area contributed by atoms with E-state index in [1.165, 1.54) is 24.7 Å². The molecule has 2 aromatic rings. The zero-order valence-electron chi connectivity index (χ0n) is 14.5. The first-order chi connectivity index (χ1) is 12.5. The summed E-state index contributed by atoms with van der Waals surface area (Å²) in [5, 5.41) is 6.71. The Kier molecular flexibility index (Phi) is 5.62. The minimum absolute atomic E-state index is 0.0117. The summed E-state index contributed by atoms with van der Waals surface area (Å²) in [4.78, 5) is 27.8. The van der Waals surface area contributed by atoms with Crippen molar-refractivity contribution >= 4 is 29.4 Å². The molecule has 1 saturated carbocycles. The first-order valence-corrected chi connectivity index (χ1v) is 9.06. The third-order valence-electron chi connectivity index (χ3n) is 3.72. The molecule has 1 aromatic carbocycles. The molecule has 0 unspecified atom stereocenters. The first kappa shape index (κ1) is 18.1. The van der Waals surface area contributed by atoms with Crippen molar-refractivity contribution in [3.63, 3.8) is 0 Å². The molecule has 7 nitrogen and oxygen atoms in total. The number of methoxy groups -OCH3 is 1. The number of ether oxygens (including phenoxy) is 2. The van der Waals surface area contributed by atoms with Crippen LogP contribution in [0.2, 0.25) is 0 Å². The van der Waals surface area contributed by atoms with Crippen molar-refractivity contribution in [3.8, 4) is 11.5 Å². The van der Waals surface area contributed by atoms with Crippen molar-refractivity contribution in [2.75, 3.05) is 7.11 Å². The van der Waals surface area contributed by atoms with Crippen molar-refractivity contribution in [1.29, 1.82) is 0 Å². The Balaban J connectivity index is 1.57. The fourth-order valence-electron chi connectivity index (χ4n) is 2.23. The minimum Gasteiger partial charge on any atom is -0.493 e. The van der Waals surface area contributed by atoms with Gasteiger partial charge in [0.15, 0.2) is 11.5 Å². The molecule has 0 saturated heterocycles. The van der Waals surface area contributed by atoms with Crippen LogP contribution in [0.1, 0.15) is 29.1 Å². The molecule has 8 heteroatoms. The second-order valence-electron chi connectivity index (χ2n) is 5.93. The Labute approximate surface area is 155 Å². The number of amides is 1. The van der Waals surface area contributed by atoms with Crippen LogP contribution in [-0.2, 0) is 16.0 Å². The molecule has 1 aliphatic carbocycles. The summed E-state index contributed by atoms with van der Waals surface area (Å²) in [6.07, 6.45) is 3.44. The van der Waals surface area contributed by atoms with E-state index in [0.717, 1.165) is 23.5 Å². The number of hydrogen-bond donors (Lipinski definition) is 1. The van der Waals surface area contributed by atoms with Gasteiger partial charge in [-0.2, -0.15) is 5.10 Å². The van der Waals surface area contributed by atoms with Crippen molar-refractivity contribution in [2.24, 2.45) is 11.0 Å². The number of rotatable bonds is 7. The molecular formula is C18H19N3O4S. The number of hydrazone groups is 1. The molecule has 1 amide bonds. The van der Waals surface area contributed by atoms with Crippen LogP contribution in [0.4, 0.5) is 0 Å². The Bertz CT molecular complexity index is 843. The number of carbonyl (C=O) groups excluding carboxylic acids is 2. The standard InChI is InChI=1S/C18H19N3O4S/c1-11-20-14(10-26-11)8-17(22)21-19-9-12-3-6-15(16(7-12)24-2)25-18(23)13-4-5-13/h3,6-7,9-10,13H,4-5,8H2,1-2H3,(H,21,22)/b19-9-. The molecule has 0 bridgehead atoms. The van der Waals surface area contributed by atoms with E-state index in [1.807, 2.05) is 12.3 Å². The lowest BCUT2D eigenvalue weighted by Gasteiger charge is -2.09. The zero-order chi connectivity index (χ0) is 18.5. The second kappa shape index (κ2) is 8.09. The lowest BCUT2D eigenvalue weighted by atomic mass is 10.2. The van der Waals surface area contributed by atoms with Gasteiger partial charge in [-0.1, -0.05) is 0 Å². The van der Waals surface area contributed by atoms with E-state index < -0.39 is 0 Å². The summed E-state index contributed by atoms with van der Waals surface area (Å²) in [5.41, 5.74) is 3.90. The number of nitrogens with one attached hydrogen (secondary N) is 1. The highest BCUT2D eigenvalue weighted by molar-refractivity contribution is 7.09. The summed E-state index contributed by atoms with van der Waals surface area (Å²) in [6, 6.07) is 5.08. The number of esters is 1. The smallest absolute Gasteiger partial charge is 0.314 e. The van der Waals surface area contributed by atoms with Crippen LogP contribution in [0.3, 0.4) is 0 Å². The Morgan fingerprint density at radius 2 is 2.19 bits per heavy atom. The zero-order valence-corrected chi connectivity index (χ0v) is 15.3. The van der Waals surface area contributed by atoms with Crippen LogP contribution in [0.25, 0.3) is 0 Å². The minimum atomic E-state index is -0.242. The molecule has 0 radical (unpaired) electrons. The number of benzene rings is 1. The number of carbonyl (C=O) groups is 2. The van der Waals surface area contributed by atoms with Gasteiger partial charge in [0.25, 0.3) is 0 Å². The van der Waals surface area contributed by atoms with Gasteiger partial charge < -0.3 is 9.47 Å². The first-order valence-electron chi connectivity index (χ1n) is 8.18. The third kappa shape index (κ3) is 4.89. The van der Waals surface area contributed by atoms with Gasteiger partial charge in [0.05, 0.1) is 36.4 Å². The number of hydrogen-bond acceptors (Lipinski definition) is 7. The second-order valence-corrected chi connectivity index (χ2v) is 7.00. The predicted octanol–water partition coefficient (Wildman–Crippen LogP) is 2.47. The highest BCUT2D eigenvalue weighted by Gasteiger charge is 2.32.